The third-order valence-electron chi connectivity index (χ3n) is 3.07. The predicted octanol–water partition coefficient (Wildman–Crippen LogP) is 2.34. The number of rotatable bonds is 9. The van der Waals surface area contributed by atoms with Crippen LogP contribution >= 0.6 is 0 Å². The minimum Gasteiger partial charge on any atom is -0.338 e. The van der Waals surface area contributed by atoms with Crippen molar-refractivity contribution in [2.24, 2.45) is 0 Å². The first kappa shape index (κ1) is 17.5. The van der Waals surface area contributed by atoms with Crippen molar-refractivity contribution in [3.63, 3.8) is 0 Å². The highest BCUT2D eigenvalue weighted by Crippen LogP contribution is 2.09. The van der Waals surface area contributed by atoms with Gasteiger partial charge >= 0.3 is 6.03 Å². The van der Waals surface area contributed by atoms with Gasteiger partial charge in [0.1, 0.15) is 0 Å². The van der Waals surface area contributed by atoms with Crippen LogP contribution in [0.25, 0.3) is 0 Å². The van der Waals surface area contributed by atoms with E-state index in [1.807, 2.05) is 0 Å². The lowest BCUT2D eigenvalue weighted by atomic mass is 10.2. The van der Waals surface area contributed by atoms with Gasteiger partial charge in [0.15, 0.2) is 9.84 Å². The second kappa shape index (κ2) is 9.39. The van der Waals surface area contributed by atoms with Gasteiger partial charge in [0.25, 0.3) is 0 Å². The van der Waals surface area contributed by atoms with Gasteiger partial charge in [-0.05, 0) is 18.6 Å². The van der Waals surface area contributed by atoms with E-state index in [-0.39, 0.29) is 23.2 Å². The lowest BCUT2D eigenvalue weighted by Gasteiger charge is -2.08. The monoisotopic (exact) mass is 312 g/mol. The smallest absolute Gasteiger partial charge is 0.314 e. The molecule has 21 heavy (non-hydrogen) atoms. The predicted molar refractivity (Wildman–Crippen MR) is 84.0 cm³/mol. The summed E-state index contributed by atoms with van der Waals surface area (Å²) in [6.07, 6.45) is 4.37. The molecule has 0 aromatic heterocycles. The van der Waals surface area contributed by atoms with Crippen molar-refractivity contribution in [1.82, 2.24) is 10.6 Å². The van der Waals surface area contributed by atoms with Crippen LogP contribution in [0.1, 0.15) is 32.6 Å². The van der Waals surface area contributed by atoms with Crippen LogP contribution in [0.2, 0.25) is 0 Å². The van der Waals surface area contributed by atoms with Gasteiger partial charge in [0, 0.05) is 13.1 Å². The second-order valence-corrected chi connectivity index (χ2v) is 6.98. The van der Waals surface area contributed by atoms with Crippen molar-refractivity contribution in [2.45, 2.75) is 37.5 Å². The number of unbranched alkanes of at least 4 members (excludes halogenated alkanes) is 3. The van der Waals surface area contributed by atoms with E-state index in [2.05, 4.69) is 17.6 Å². The molecule has 2 N–H and O–H groups in total. The number of carbonyl (C=O) groups is 1. The van der Waals surface area contributed by atoms with Crippen molar-refractivity contribution >= 4 is 15.9 Å². The normalized spacial score (nSPS) is 11.1. The van der Waals surface area contributed by atoms with Crippen LogP contribution in [0.3, 0.4) is 0 Å². The third kappa shape index (κ3) is 7.13. The largest absolute Gasteiger partial charge is 0.338 e. The molecule has 0 spiro atoms. The molecule has 0 atom stereocenters. The van der Waals surface area contributed by atoms with Gasteiger partial charge in [0.05, 0.1) is 10.6 Å². The zero-order chi connectivity index (χ0) is 15.6. The maximum Gasteiger partial charge on any atom is 0.314 e. The standard InChI is InChI=1S/C15H24N2O3S/c1-2-3-4-8-11-16-15(18)17-12-13-21(19,20)14-9-6-5-7-10-14/h5-7,9-10H,2-4,8,11-13H2,1H3,(H2,16,17,18). The van der Waals surface area contributed by atoms with Crippen LogP contribution in [0.5, 0.6) is 0 Å². The van der Waals surface area contributed by atoms with E-state index >= 15 is 0 Å². The molecule has 1 aromatic rings. The Balaban J connectivity index is 2.22. The summed E-state index contributed by atoms with van der Waals surface area (Å²) in [6.45, 7) is 2.86. The Morgan fingerprint density at radius 3 is 2.33 bits per heavy atom. The summed E-state index contributed by atoms with van der Waals surface area (Å²) in [7, 11) is -3.33. The fourth-order valence-corrected chi connectivity index (χ4v) is 3.04. The molecule has 0 aliphatic heterocycles. The molecule has 0 saturated heterocycles. The van der Waals surface area contributed by atoms with Crippen molar-refractivity contribution < 1.29 is 13.2 Å². The van der Waals surface area contributed by atoms with Crippen LogP contribution in [-0.2, 0) is 9.84 Å². The highest BCUT2D eigenvalue weighted by molar-refractivity contribution is 7.91. The lowest BCUT2D eigenvalue weighted by Crippen LogP contribution is -2.38. The average molecular weight is 312 g/mol. The minimum atomic E-state index is -3.33. The van der Waals surface area contributed by atoms with E-state index in [0.29, 0.717) is 6.54 Å². The molecular formula is C15H24N2O3S. The van der Waals surface area contributed by atoms with Gasteiger partial charge in [-0.25, -0.2) is 13.2 Å². The summed E-state index contributed by atoms with van der Waals surface area (Å²) < 4.78 is 23.9. The fourth-order valence-electron chi connectivity index (χ4n) is 1.86. The van der Waals surface area contributed by atoms with E-state index in [4.69, 9.17) is 0 Å². The third-order valence-corrected chi connectivity index (χ3v) is 4.81. The van der Waals surface area contributed by atoms with Gasteiger partial charge in [-0.2, -0.15) is 0 Å². The van der Waals surface area contributed by atoms with Crippen molar-refractivity contribution in [1.29, 1.82) is 0 Å². The Kier molecular flexibility index (Phi) is 7.82. The molecule has 0 heterocycles. The number of hydrogen-bond donors (Lipinski definition) is 2. The van der Waals surface area contributed by atoms with Crippen LogP contribution in [0, 0.1) is 0 Å². The van der Waals surface area contributed by atoms with E-state index < -0.39 is 9.84 Å². The summed E-state index contributed by atoms with van der Waals surface area (Å²) in [4.78, 5) is 11.8. The Morgan fingerprint density at radius 2 is 1.67 bits per heavy atom. The van der Waals surface area contributed by atoms with E-state index in [9.17, 15) is 13.2 Å². The molecule has 1 rings (SSSR count). The van der Waals surface area contributed by atoms with E-state index in [1.54, 1.807) is 30.3 Å². The van der Waals surface area contributed by atoms with Crippen LogP contribution in [0.4, 0.5) is 4.79 Å². The molecular weight excluding hydrogens is 288 g/mol. The Bertz CT molecular complexity index is 515. The van der Waals surface area contributed by atoms with Crippen molar-refractivity contribution in [2.75, 3.05) is 18.8 Å². The maximum atomic E-state index is 12.0. The molecule has 0 fully saturated rings. The van der Waals surface area contributed by atoms with Gasteiger partial charge < -0.3 is 10.6 Å². The SMILES string of the molecule is CCCCCCNC(=O)NCCS(=O)(=O)c1ccccc1. The van der Waals surface area contributed by atoms with E-state index in [1.165, 1.54) is 6.42 Å². The molecule has 118 valence electrons. The van der Waals surface area contributed by atoms with E-state index in [0.717, 1.165) is 19.3 Å². The fraction of sp³-hybridized carbons (Fsp3) is 0.533. The van der Waals surface area contributed by atoms with Crippen LogP contribution < -0.4 is 10.6 Å². The first-order valence-corrected chi connectivity index (χ1v) is 9.01. The number of carbonyl (C=O) groups excluding carboxylic acids is 1. The molecule has 0 unspecified atom stereocenters. The molecule has 0 saturated carbocycles. The highest BCUT2D eigenvalue weighted by atomic mass is 32.2. The maximum absolute atomic E-state index is 12.0. The topological polar surface area (TPSA) is 75.3 Å². The molecule has 0 radical (unpaired) electrons. The summed E-state index contributed by atoms with van der Waals surface area (Å²) in [5.41, 5.74) is 0. The Morgan fingerprint density at radius 1 is 1.00 bits per heavy atom. The molecule has 5 nitrogen and oxygen atoms in total. The summed E-state index contributed by atoms with van der Waals surface area (Å²) in [5.74, 6) is -0.0970. The molecule has 2 amide bonds. The first-order chi connectivity index (χ1) is 10.1. The van der Waals surface area contributed by atoms with Gasteiger partial charge in [-0.1, -0.05) is 44.4 Å². The molecule has 6 heteroatoms. The number of urea groups is 1. The van der Waals surface area contributed by atoms with Crippen molar-refractivity contribution in [3.8, 4) is 0 Å². The minimum absolute atomic E-state index is 0.0970. The van der Waals surface area contributed by atoms with Gasteiger partial charge in [-0.15, -0.1) is 0 Å². The summed E-state index contributed by atoms with van der Waals surface area (Å²) >= 11 is 0. The Labute approximate surface area is 127 Å². The summed E-state index contributed by atoms with van der Waals surface area (Å²) in [6, 6.07) is 7.94. The lowest BCUT2D eigenvalue weighted by molar-refractivity contribution is 0.241. The van der Waals surface area contributed by atoms with Gasteiger partial charge in [0.2, 0.25) is 0 Å². The number of hydrogen-bond acceptors (Lipinski definition) is 3. The van der Waals surface area contributed by atoms with Gasteiger partial charge in [-0.3, -0.25) is 0 Å². The van der Waals surface area contributed by atoms with Crippen molar-refractivity contribution in [3.05, 3.63) is 30.3 Å². The first-order valence-electron chi connectivity index (χ1n) is 7.36. The average Bonchev–Trinajstić information content (AvgIpc) is 2.48. The highest BCUT2D eigenvalue weighted by Gasteiger charge is 2.13. The Hall–Kier alpha value is -1.56. The summed E-state index contributed by atoms with van der Waals surface area (Å²) in [5, 5.41) is 5.29. The molecule has 0 bridgehead atoms. The van der Waals surface area contributed by atoms with Crippen LogP contribution in [0.15, 0.2) is 35.2 Å². The quantitative estimate of drug-likeness (QED) is 0.687. The zero-order valence-electron chi connectivity index (χ0n) is 12.5. The number of sulfone groups is 1. The number of amides is 2. The molecule has 0 aliphatic rings. The van der Waals surface area contributed by atoms with Crippen LogP contribution in [-0.4, -0.2) is 33.3 Å². The molecule has 0 aliphatic carbocycles. The second-order valence-electron chi connectivity index (χ2n) is 4.88. The zero-order valence-corrected chi connectivity index (χ0v) is 13.3. The molecule has 1 aromatic carbocycles. The number of benzene rings is 1. The number of nitrogens with one attached hydrogen (secondary N) is 2.